The highest BCUT2D eigenvalue weighted by Crippen LogP contribution is 2.32. The van der Waals surface area contributed by atoms with Crippen LogP contribution in [0.1, 0.15) is 23.6 Å². The number of hydrogen-bond acceptors (Lipinski definition) is 5. The lowest BCUT2D eigenvalue weighted by Gasteiger charge is -2.15. The summed E-state index contributed by atoms with van der Waals surface area (Å²) in [7, 11) is 0. The molecule has 29 heavy (non-hydrogen) atoms. The molecule has 0 bridgehead atoms. The third-order valence-corrected chi connectivity index (χ3v) is 3.52. The van der Waals surface area contributed by atoms with Crippen molar-refractivity contribution in [3.63, 3.8) is 0 Å². The average molecular weight is 411 g/mol. The molecule has 0 fully saturated rings. The van der Waals surface area contributed by atoms with E-state index in [1.165, 1.54) is 5.56 Å². The zero-order valence-corrected chi connectivity index (χ0v) is 16.0. The molecule has 0 aromatic heterocycles. The molecule has 158 valence electrons. The Morgan fingerprint density at radius 1 is 1.03 bits per heavy atom. The van der Waals surface area contributed by atoms with Crippen LogP contribution in [0.5, 0.6) is 11.5 Å². The normalized spacial score (nSPS) is 10.1. The number of hydrogen-bond donors (Lipinski definition) is 3. The highest BCUT2D eigenvalue weighted by Gasteiger charge is 2.15. The molecule has 0 amide bonds. The molecule has 0 radical (unpaired) electrons. The van der Waals surface area contributed by atoms with Crippen LogP contribution in [0.2, 0.25) is 0 Å². The summed E-state index contributed by atoms with van der Waals surface area (Å²) in [5.74, 6) is -3.21. The highest BCUT2D eigenvalue weighted by molar-refractivity contribution is 6.27. The number of carbonyl (C=O) groups is 2. The predicted octanol–water partition coefficient (Wildman–Crippen LogP) is 3.44. The summed E-state index contributed by atoms with van der Waals surface area (Å²) < 4.78 is 35.3. The Morgan fingerprint density at radius 2 is 1.66 bits per heavy atom. The molecule has 0 unspecified atom stereocenters. The Kier molecular flexibility index (Phi) is 10.1. The van der Waals surface area contributed by atoms with Crippen LogP contribution in [-0.2, 0) is 22.7 Å². The summed E-state index contributed by atoms with van der Waals surface area (Å²) in [6.45, 7) is 2.40. The molecule has 0 aliphatic rings. The number of carboxylic acids is 2. The molecular weight excluding hydrogens is 388 g/mol. The van der Waals surface area contributed by atoms with Crippen molar-refractivity contribution in [3.8, 4) is 11.5 Å². The van der Waals surface area contributed by atoms with Crippen LogP contribution in [0, 0.1) is 6.92 Å². The average Bonchev–Trinajstić information content (AvgIpc) is 2.66. The minimum absolute atomic E-state index is 0.0979. The molecule has 0 saturated heterocycles. The van der Waals surface area contributed by atoms with Gasteiger partial charge < -0.3 is 25.0 Å². The Bertz CT molecular complexity index is 784. The fourth-order valence-corrected chi connectivity index (χ4v) is 2.24. The van der Waals surface area contributed by atoms with Crippen LogP contribution in [0.4, 0.5) is 8.78 Å². The summed E-state index contributed by atoms with van der Waals surface area (Å²) in [6, 6.07) is 13.3. The van der Waals surface area contributed by atoms with Crippen molar-refractivity contribution in [1.29, 1.82) is 0 Å². The van der Waals surface area contributed by atoms with Gasteiger partial charge in [0.05, 0.1) is 6.61 Å². The van der Waals surface area contributed by atoms with E-state index in [-0.39, 0.29) is 5.75 Å². The van der Waals surface area contributed by atoms with Crippen molar-refractivity contribution in [3.05, 3.63) is 59.2 Å². The molecule has 2 aromatic rings. The second-order valence-corrected chi connectivity index (χ2v) is 5.76. The Labute approximate surface area is 166 Å². The number of benzene rings is 2. The topological polar surface area (TPSA) is 105 Å². The maximum absolute atomic E-state index is 12.6. The van der Waals surface area contributed by atoms with Crippen LogP contribution >= 0.6 is 0 Å². The van der Waals surface area contributed by atoms with Gasteiger partial charge in [-0.2, -0.15) is 8.78 Å². The Hall–Kier alpha value is -3.20. The summed E-state index contributed by atoms with van der Waals surface area (Å²) >= 11 is 0. The number of aryl methyl sites for hydroxylation is 1. The van der Waals surface area contributed by atoms with E-state index in [4.69, 9.17) is 24.5 Å². The van der Waals surface area contributed by atoms with Crippen molar-refractivity contribution in [1.82, 2.24) is 5.32 Å². The van der Waals surface area contributed by atoms with Crippen molar-refractivity contribution >= 4 is 11.9 Å². The van der Waals surface area contributed by atoms with Gasteiger partial charge in [0, 0.05) is 18.7 Å². The minimum atomic E-state index is -2.88. The number of nitrogens with one attached hydrogen (secondary N) is 1. The predicted molar refractivity (Wildman–Crippen MR) is 101 cm³/mol. The number of carboxylic acid groups (broad SMARTS) is 2. The number of rotatable bonds is 8. The van der Waals surface area contributed by atoms with Gasteiger partial charge in [-0.15, -0.1) is 0 Å². The number of aliphatic carboxylic acids is 2. The summed E-state index contributed by atoms with van der Waals surface area (Å²) in [6.07, 6.45) is 0. The third kappa shape index (κ3) is 9.02. The van der Waals surface area contributed by atoms with Crippen molar-refractivity contribution in [2.24, 2.45) is 0 Å². The molecular formula is C20H23F2NO6. The summed E-state index contributed by atoms with van der Waals surface area (Å²) in [5.41, 5.74) is 2.97. The van der Waals surface area contributed by atoms with Gasteiger partial charge in [0.2, 0.25) is 0 Å². The van der Waals surface area contributed by atoms with E-state index in [1.807, 2.05) is 31.2 Å². The van der Waals surface area contributed by atoms with Gasteiger partial charge in [-0.25, -0.2) is 9.59 Å². The molecule has 2 aromatic carbocycles. The maximum Gasteiger partial charge on any atom is 0.414 e. The van der Waals surface area contributed by atoms with Gasteiger partial charge in [-0.05, 0) is 25.5 Å². The van der Waals surface area contributed by atoms with Crippen molar-refractivity contribution in [2.45, 2.75) is 33.5 Å². The summed E-state index contributed by atoms with van der Waals surface area (Å²) in [5, 5.41) is 18.0. The Morgan fingerprint density at radius 3 is 2.17 bits per heavy atom. The van der Waals surface area contributed by atoms with E-state index < -0.39 is 18.6 Å². The zero-order chi connectivity index (χ0) is 21.8. The van der Waals surface area contributed by atoms with Gasteiger partial charge in [-0.1, -0.05) is 42.0 Å². The van der Waals surface area contributed by atoms with Crippen LogP contribution in [-0.4, -0.2) is 35.4 Å². The minimum Gasteiger partial charge on any atom is -0.490 e. The molecule has 0 aliphatic heterocycles. The first-order valence-corrected chi connectivity index (χ1v) is 8.66. The lowest BCUT2D eigenvalue weighted by Crippen LogP contribution is -2.15. The Balaban J connectivity index is 0.000000612. The van der Waals surface area contributed by atoms with Gasteiger partial charge in [-0.3, -0.25) is 0 Å². The van der Waals surface area contributed by atoms with Crippen LogP contribution in [0.3, 0.4) is 0 Å². The monoisotopic (exact) mass is 411 g/mol. The van der Waals surface area contributed by atoms with Crippen LogP contribution in [0.15, 0.2) is 42.5 Å². The first-order chi connectivity index (χ1) is 13.7. The number of halogens is 2. The molecule has 2 rings (SSSR count). The number of alkyl halides is 2. The van der Waals surface area contributed by atoms with E-state index in [0.717, 1.165) is 5.56 Å². The van der Waals surface area contributed by atoms with E-state index >= 15 is 0 Å². The van der Waals surface area contributed by atoms with Gasteiger partial charge in [0.25, 0.3) is 0 Å². The zero-order valence-electron chi connectivity index (χ0n) is 16.0. The number of para-hydroxylation sites is 1. The van der Waals surface area contributed by atoms with Gasteiger partial charge in [0.1, 0.15) is 0 Å². The first-order valence-electron chi connectivity index (χ1n) is 8.66. The SMILES string of the molecule is CCOc1cccc(CNCc2ccc(C)cc2)c1OC(F)F.O=C(O)C(=O)O. The molecule has 3 N–H and O–H groups in total. The largest absolute Gasteiger partial charge is 0.490 e. The summed E-state index contributed by atoms with van der Waals surface area (Å²) in [4.78, 5) is 18.2. The van der Waals surface area contributed by atoms with Gasteiger partial charge in [0.15, 0.2) is 11.5 Å². The van der Waals surface area contributed by atoms with Crippen LogP contribution in [0.25, 0.3) is 0 Å². The molecule has 0 heterocycles. The van der Waals surface area contributed by atoms with E-state index in [2.05, 4.69) is 10.1 Å². The lowest BCUT2D eigenvalue weighted by atomic mass is 10.1. The fraction of sp³-hybridized carbons (Fsp3) is 0.300. The van der Waals surface area contributed by atoms with Crippen molar-refractivity contribution in [2.75, 3.05) is 6.61 Å². The first kappa shape index (κ1) is 23.8. The smallest absolute Gasteiger partial charge is 0.414 e. The van der Waals surface area contributed by atoms with Gasteiger partial charge >= 0.3 is 18.6 Å². The molecule has 9 heteroatoms. The fourth-order valence-electron chi connectivity index (χ4n) is 2.24. The number of ether oxygens (including phenoxy) is 2. The maximum atomic E-state index is 12.6. The standard InChI is InChI=1S/C18H21F2NO2.C2H2O4/c1-3-22-16-6-4-5-15(17(16)23-18(19)20)12-21-11-14-9-7-13(2)8-10-14;3-1(4)2(5)6/h4-10,18,21H,3,11-12H2,1-2H3;(H,3,4)(H,5,6). The van der Waals surface area contributed by atoms with Crippen LogP contribution < -0.4 is 14.8 Å². The lowest BCUT2D eigenvalue weighted by molar-refractivity contribution is -0.159. The second-order valence-electron chi connectivity index (χ2n) is 5.76. The molecule has 0 atom stereocenters. The van der Waals surface area contributed by atoms with E-state index in [1.54, 1.807) is 25.1 Å². The molecule has 0 aliphatic carbocycles. The quantitative estimate of drug-likeness (QED) is 0.572. The molecule has 0 spiro atoms. The third-order valence-electron chi connectivity index (χ3n) is 3.52. The molecule has 0 saturated carbocycles. The highest BCUT2D eigenvalue weighted by atomic mass is 19.3. The molecule has 7 nitrogen and oxygen atoms in total. The van der Waals surface area contributed by atoms with Crippen molar-refractivity contribution < 1.29 is 38.1 Å². The second kappa shape index (κ2) is 12.3. The van der Waals surface area contributed by atoms with E-state index in [9.17, 15) is 8.78 Å². The van der Waals surface area contributed by atoms with E-state index in [0.29, 0.717) is 31.0 Å².